The van der Waals surface area contributed by atoms with Crippen molar-refractivity contribution in [2.24, 2.45) is 0 Å². The monoisotopic (exact) mass is 351 g/mol. The molecule has 1 heterocycles. The Morgan fingerprint density at radius 3 is 2.56 bits per heavy atom. The highest BCUT2D eigenvalue weighted by Gasteiger charge is 2.20. The normalized spacial score (nSPS) is 14.9. The number of aromatic amines is 1. The molecule has 5 nitrogen and oxygen atoms in total. The van der Waals surface area contributed by atoms with Crippen molar-refractivity contribution in [2.75, 3.05) is 0 Å². The standard InChI is InChI=1S/C19H17N3O2S/c23-25(24,14-8-2-1-3-9-14)22-16-11-5-4-10-15(16)19-20-17-12-6-7-13-18(17)21-19/h1-4,6-10,12-13,22H,5,11H2,(H,20,21). The molecule has 0 unspecified atom stereocenters. The smallest absolute Gasteiger partial charge is 0.261 e. The second-order valence-corrected chi connectivity index (χ2v) is 7.54. The van der Waals surface area contributed by atoms with Crippen molar-refractivity contribution in [1.82, 2.24) is 14.7 Å². The van der Waals surface area contributed by atoms with Crippen LogP contribution in [0.15, 0.2) is 77.3 Å². The number of H-pyrrole nitrogens is 1. The molecule has 0 bridgehead atoms. The molecule has 2 N–H and O–H groups in total. The number of rotatable bonds is 4. The van der Waals surface area contributed by atoms with Crippen molar-refractivity contribution in [1.29, 1.82) is 0 Å². The van der Waals surface area contributed by atoms with Gasteiger partial charge in [0.1, 0.15) is 5.82 Å². The number of para-hydroxylation sites is 2. The zero-order valence-corrected chi connectivity index (χ0v) is 14.3. The molecule has 0 spiro atoms. The van der Waals surface area contributed by atoms with Crippen LogP contribution >= 0.6 is 0 Å². The van der Waals surface area contributed by atoms with Gasteiger partial charge in [0.25, 0.3) is 10.0 Å². The van der Waals surface area contributed by atoms with Gasteiger partial charge in [-0.25, -0.2) is 13.4 Å². The Kier molecular flexibility index (Phi) is 3.89. The fourth-order valence-electron chi connectivity index (χ4n) is 2.89. The first-order chi connectivity index (χ1) is 12.1. The molecule has 6 heteroatoms. The van der Waals surface area contributed by atoms with Gasteiger partial charge in [0, 0.05) is 11.3 Å². The van der Waals surface area contributed by atoms with Crippen LogP contribution in [0.5, 0.6) is 0 Å². The number of imidazole rings is 1. The van der Waals surface area contributed by atoms with Crippen molar-refractivity contribution in [3.8, 4) is 0 Å². The summed E-state index contributed by atoms with van der Waals surface area (Å²) in [5, 5.41) is 0. The van der Waals surface area contributed by atoms with E-state index < -0.39 is 10.0 Å². The molecular formula is C19H17N3O2S. The number of fused-ring (bicyclic) bond motifs is 1. The number of nitrogens with one attached hydrogen (secondary N) is 2. The van der Waals surface area contributed by atoms with Crippen molar-refractivity contribution in [3.05, 3.63) is 78.3 Å². The minimum Gasteiger partial charge on any atom is -0.338 e. The van der Waals surface area contributed by atoms with Crippen LogP contribution in [0.4, 0.5) is 0 Å². The molecule has 25 heavy (non-hydrogen) atoms. The topological polar surface area (TPSA) is 74.8 Å². The minimum absolute atomic E-state index is 0.251. The van der Waals surface area contributed by atoms with Crippen LogP contribution in [0.25, 0.3) is 16.6 Å². The molecule has 0 radical (unpaired) electrons. The number of sulfonamides is 1. The molecule has 0 aliphatic heterocycles. The molecule has 0 saturated heterocycles. The summed E-state index contributed by atoms with van der Waals surface area (Å²) in [6.07, 6.45) is 5.36. The Labute approximate surface area is 146 Å². The molecular weight excluding hydrogens is 334 g/mol. The highest BCUT2D eigenvalue weighted by Crippen LogP contribution is 2.27. The van der Waals surface area contributed by atoms with E-state index >= 15 is 0 Å². The van der Waals surface area contributed by atoms with Crippen LogP contribution in [-0.2, 0) is 10.0 Å². The fourth-order valence-corrected chi connectivity index (χ4v) is 4.06. The van der Waals surface area contributed by atoms with Crippen molar-refractivity contribution < 1.29 is 8.42 Å². The van der Waals surface area contributed by atoms with E-state index in [1.165, 1.54) is 0 Å². The van der Waals surface area contributed by atoms with Gasteiger partial charge in [-0.05, 0) is 37.1 Å². The van der Waals surface area contributed by atoms with Crippen molar-refractivity contribution in [2.45, 2.75) is 17.7 Å². The number of hydrogen-bond acceptors (Lipinski definition) is 3. The molecule has 0 atom stereocenters. The van der Waals surface area contributed by atoms with E-state index in [2.05, 4.69) is 14.7 Å². The van der Waals surface area contributed by atoms with Gasteiger partial charge in [0.05, 0.1) is 15.9 Å². The number of nitrogens with zero attached hydrogens (tertiary/aromatic N) is 1. The molecule has 4 rings (SSSR count). The molecule has 126 valence electrons. The molecule has 2 aromatic carbocycles. The van der Waals surface area contributed by atoms with Gasteiger partial charge < -0.3 is 4.98 Å². The third-order valence-corrected chi connectivity index (χ3v) is 5.53. The van der Waals surface area contributed by atoms with Crippen LogP contribution in [0.2, 0.25) is 0 Å². The maximum absolute atomic E-state index is 12.6. The first-order valence-corrected chi connectivity index (χ1v) is 9.54. The average molecular weight is 351 g/mol. The maximum atomic E-state index is 12.6. The number of hydrogen-bond donors (Lipinski definition) is 2. The van der Waals surface area contributed by atoms with Gasteiger partial charge in [-0.2, -0.15) is 0 Å². The first kappa shape index (κ1) is 15.7. The molecule has 1 aliphatic rings. The fraction of sp³-hybridized carbons (Fsp3) is 0.105. The largest absolute Gasteiger partial charge is 0.338 e. The summed E-state index contributed by atoms with van der Waals surface area (Å²) < 4.78 is 28.0. The van der Waals surface area contributed by atoms with Gasteiger partial charge >= 0.3 is 0 Å². The first-order valence-electron chi connectivity index (χ1n) is 8.06. The third kappa shape index (κ3) is 3.08. The van der Waals surface area contributed by atoms with Gasteiger partial charge in [0.15, 0.2) is 0 Å². The average Bonchev–Trinajstić information content (AvgIpc) is 3.06. The van der Waals surface area contributed by atoms with E-state index in [0.29, 0.717) is 17.9 Å². The summed E-state index contributed by atoms with van der Waals surface area (Å²) >= 11 is 0. The Bertz CT molecular complexity index is 1050. The van der Waals surface area contributed by atoms with Crippen molar-refractivity contribution in [3.63, 3.8) is 0 Å². The van der Waals surface area contributed by atoms with Gasteiger partial charge in [0.2, 0.25) is 0 Å². The summed E-state index contributed by atoms with van der Waals surface area (Å²) in [5.41, 5.74) is 3.22. The minimum atomic E-state index is -3.61. The Morgan fingerprint density at radius 1 is 1.00 bits per heavy atom. The van der Waals surface area contributed by atoms with Crippen LogP contribution < -0.4 is 4.72 Å². The van der Waals surface area contributed by atoms with E-state index in [0.717, 1.165) is 23.0 Å². The van der Waals surface area contributed by atoms with Crippen LogP contribution in [0, 0.1) is 0 Å². The number of aromatic nitrogens is 2. The molecule has 1 aliphatic carbocycles. The zero-order valence-electron chi connectivity index (χ0n) is 13.4. The Balaban J connectivity index is 1.76. The summed E-state index contributed by atoms with van der Waals surface area (Å²) in [7, 11) is -3.61. The molecule has 1 aromatic heterocycles. The lowest BCUT2D eigenvalue weighted by molar-refractivity contribution is 0.587. The maximum Gasteiger partial charge on any atom is 0.261 e. The van der Waals surface area contributed by atoms with E-state index in [4.69, 9.17) is 0 Å². The highest BCUT2D eigenvalue weighted by molar-refractivity contribution is 7.89. The van der Waals surface area contributed by atoms with E-state index in [1.54, 1.807) is 30.3 Å². The highest BCUT2D eigenvalue weighted by atomic mass is 32.2. The predicted octanol–water partition coefficient (Wildman–Crippen LogP) is 3.60. The number of allylic oxidation sites excluding steroid dienone is 4. The van der Waals surface area contributed by atoms with Crippen LogP contribution in [0.3, 0.4) is 0 Å². The van der Waals surface area contributed by atoms with Gasteiger partial charge in [-0.1, -0.05) is 42.5 Å². The van der Waals surface area contributed by atoms with Gasteiger partial charge in [-0.15, -0.1) is 0 Å². The molecule has 0 amide bonds. The summed E-state index contributed by atoms with van der Waals surface area (Å²) in [4.78, 5) is 8.11. The summed E-state index contributed by atoms with van der Waals surface area (Å²) in [5.74, 6) is 0.669. The Morgan fingerprint density at radius 2 is 1.76 bits per heavy atom. The zero-order chi connectivity index (χ0) is 17.3. The molecule has 0 saturated carbocycles. The lowest BCUT2D eigenvalue weighted by atomic mass is 10.0. The summed E-state index contributed by atoms with van der Waals surface area (Å²) in [6, 6.07) is 16.1. The van der Waals surface area contributed by atoms with E-state index in [9.17, 15) is 8.42 Å². The lowest BCUT2D eigenvalue weighted by Crippen LogP contribution is -2.25. The van der Waals surface area contributed by atoms with Crippen LogP contribution in [0.1, 0.15) is 18.7 Å². The second-order valence-electron chi connectivity index (χ2n) is 5.85. The lowest BCUT2D eigenvalue weighted by Gasteiger charge is -2.17. The van der Waals surface area contributed by atoms with E-state index in [-0.39, 0.29) is 4.90 Å². The molecule has 0 fully saturated rings. The van der Waals surface area contributed by atoms with Gasteiger partial charge in [-0.3, -0.25) is 4.72 Å². The summed E-state index contributed by atoms with van der Waals surface area (Å²) in [6.45, 7) is 0. The molecule has 3 aromatic rings. The quantitative estimate of drug-likeness (QED) is 0.754. The second kappa shape index (κ2) is 6.22. The third-order valence-electron chi connectivity index (χ3n) is 4.13. The van der Waals surface area contributed by atoms with Crippen LogP contribution in [-0.4, -0.2) is 18.4 Å². The Hall–Kier alpha value is -2.86. The van der Waals surface area contributed by atoms with Crippen molar-refractivity contribution >= 4 is 26.6 Å². The number of benzene rings is 2. The SMILES string of the molecule is O=S(=O)(NC1=C(c2nc3ccccc3[nH]2)C=CCC1)c1ccccc1. The van der Waals surface area contributed by atoms with E-state index in [1.807, 2.05) is 36.4 Å². The predicted molar refractivity (Wildman–Crippen MR) is 98.2 cm³/mol.